The van der Waals surface area contributed by atoms with Crippen molar-refractivity contribution in [3.05, 3.63) is 29.8 Å². The molecule has 5 fully saturated rings. The Bertz CT molecular complexity index is 844. The predicted molar refractivity (Wildman–Crippen MR) is 119 cm³/mol. The van der Waals surface area contributed by atoms with Gasteiger partial charge in [0.05, 0.1) is 30.1 Å². The first-order chi connectivity index (χ1) is 14.5. The number of hydrogen-bond acceptors (Lipinski definition) is 3. The molecule has 1 aromatic carbocycles. The summed E-state index contributed by atoms with van der Waals surface area (Å²) >= 11 is 0. The minimum atomic E-state index is -0.272. The molecule has 0 radical (unpaired) electrons. The Hall–Kier alpha value is -1.10. The zero-order valence-electron chi connectivity index (χ0n) is 18.9. The van der Waals surface area contributed by atoms with Crippen LogP contribution >= 0.6 is 0 Å². The van der Waals surface area contributed by atoms with E-state index >= 15 is 0 Å². The van der Waals surface area contributed by atoms with Crippen molar-refractivity contribution < 1.29 is 14.7 Å². The lowest BCUT2D eigenvalue weighted by molar-refractivity contribution is -1.04. The summed E-state index contributed by atoms with van der Waals surface area (Å²) in [5, 5.41) is 23.9. The van der Waals surface area contributed by atoms with Crippen LogP contribution in [0.1, 0.15) is 64.4 Å². The van der Waals surface area contributed by atoms with Gasteiger partial charge in [0.15, 0.2) is 6.23 Å². The van der Waals surface area contributed by atoms with Gasteiger partial charge in [0.25, 0.3) is 0 Å². The fourth-order valence-corrected chi connectivity index (χ4v) is 9.65. The number of nitrogens with zero attached hydrogens (tertiary/aromatic N) is 2. The Labute approximate surface area is 181 Å². The average Bonchev–Trinajstić information content (AvgIpc) is 3.14. The molecule has 0 aromatic heterocycles. The maximum atomic E-state index is 12.0. The average molecular weight is 412 g/mol. The standard InChI is InChI=1S/C26H39N2O2/c1-4-6-7-10-13-28-20-14-17(16(5-2)25(28)30)22-21(28)15-26(24(22)29)18-11-8-9-12-19(18)27(3)23(20)26/h8-9,11-12,16-17,20-25,29-30H,4-7,10,13-15H2,1-3H3/q+1/t16-,17+,20-,21-,22-,23-,24-,25+,26+,28+/m0/s1. The molecule has 5 aliphatic heterocycles. The molecule has 0 amide bonds. The van der Waals surface area contributed by atoms with Gasteiger partial charge in [-0.3, -0.25) is 4.48 Å². The minimum absolute atomic E-state index is 0.131. The lowest BCUT2D eigenvalue weighted by Gasteiger charge is -2.68. The SMILES string of the molecule is CCCCCC[N@@+]12[C@H](O)[C@@H](CC)[C@H]3C[C@H]1[C@@H]1N(C)c4ccccc4[C@]14C[C@H]2[C@H]3[C@@H]4O. The molecule has 10 atom stereocenters. The summed E-state index contributed by atoms with van der Waals surface area (Å²) in [5.74, 6) is 1.18. The van der Waals surface area contributed by atoms with Gasteiger partial charge in [0.1, 0.15) is 6.04 Å². The predicted octanol–water partition coefficient (Wildman–Crippen LogP) is 3.65. The van der Waals surface area contributed by atoms with Crippen LogP contribution in [0.5, 0.6) is 0 Å². The summed E-state index contributed by atoms with van der Waals surface area (Å²) in [6.07, 6.45) is 7.77. The molecular formula is C26H39N2O2+. The third-order valence-corrected chi connectivity index (χ3v) is 10.5. The molecule has 30 heavy (non-hydrogen) atoms. The first kappa shape index (κ1) is 19.6. The number of rotatable bonds is 6. The fourth-order valence-electron chi connectivity index (χ4n) is 9.65. The van der Waals surface area contributed by atoms with Crippen LogP contribution in [0.4, 0.5) is 5.69 Å². The van der Waals surface area contributed by atoms with Crippen LogP contribution in [0.25, 0.3) is 0 Å². The number of unbranched alkanes of at least 4 members (excludes halogenated alkanes) is 3. The lowest BCUT2D eigenvalue weighted by atomic mass is 9.60. The number of hydrogen-bond donors (Lipinski definition) is 2. The van der Waals surface area contributed by atoms with Crippen LogP contribution < -0.4 is 4.90 Å². The van der Waals surface area contributed by atoms with E-state index in [1.54, 1.807) is 0 Å². The van der Waals surface area contributed by atoms with Crippen molar-refractivity contribution in [1.29, 1.82) is 0 Å². The quantitative estimate of drug-likeness (QED) is 0.555. The summed E-state index contributed by atoms with van der Waals surface area (Å²) in [7, 11) is 2.25. The molecule has 1 aliphatic carbocycles. The molecule has 164 valence electrons. The van der Waals surface area contributed by atoms with Crippen molar-refractivity contribution in [3.8, 4) is 0 Å². The molecule has 5 heterocycles. The monoisotopic (exact) mass is 411 g/mol. The maximum absolute atomic E-state index is 12.0. The van der Waals surface area contributed by atoms with E-state index in [9.17, 15) is 10.2 Å². The first-order valence-corrected chi connectivity index (χ1v) is 12.6. The van der Waals surface area contributed by atoms with Gasteiger partial charge in [-0.15, -0.1) is 0 Å². The number of para-hydroxylation sites is 1. The molecule has 7 rings (SSSR count). The molecule has 2 N–H and O–H groups in total. The van der Waals surface area contributed by atoms with Crippen LogP contribution in [0.2, 0.25) is 0 Å². The lowest BCUT2D eigenvalue weighted by Crippen LogP contribution is -2.83. The van der Waals surface area contributed by atoms with Crippen molar-refractivity contribution in [2.75, 3.05) is 18.5 Å². The van der Waals surface area contributed by atoms with Crippen LogP contribution in [0.15, 0.2) is 24.3 Å². The Morgan fingerprint density at radius 3 is 2.67 bits per heavy atom. The van der Waals surface area contributed by atoms with E-state index in [0.29, 0.717) is 35.9 Å². The van der Waals surface area contributed by atoms with Crippen molar-refractivity contribution >= 4 is 5.69 Å². The zero-order chi connectivity index (χ0) is 20.8. The smallest absolute Gasteiger partial charge is 0.194 e. The van der Waals surface area contributed by atoms with Gasteiger partial charge in [0, 0.05) is 37.4 Å². The number of aliphatic hydroxyl groups is 2. The highest BCUT2D eigenvalue weighted by atomic mass is 16.3. The molecule has 4 saturated heterocycles. The van der Waals surface area contributed by atoms with Crippen LogP contribution in [0.3, 0.4) is 0 Å². The maximum Gasteiger partial charge on any atom is 0.194 e. The fraction of sp³-hybridized carbons (Fsp3) is 0.769. The van der Waals surface area contributed by atoms with E-state index < -0.39 is 0 Å². The molecular weight excluding hydrogens is 372 g/mol. The summed E-state index contributed by atoms with van der Waals surface area (Å²) in [6.45, 7) is 5.62. The highest BCUT2D eigenvalue weighted by Crippen LogP contribution is 2.71. The molecule has 4 heteroatoms. The zero-order valence-corrected chi connectivity index (χ0v) is 18.9. The Kier molecular flexibility index (Phi) is 4.22. The Balaban J connectivity index is 1.50. The second kappa shape index (κ2) is 6.46. The van der Waals surface area contributed by atoms with E-state index in [1.807, 2.05) is 0 Å². The summed E-state index contributed by atoms with van der Waals surface area (Å²) < 4.78 is 0.894. The summed E-state index contributed by atoms with van der Waals surface area (Å²) in [6, 6.07) is 10.0. The third kappa shape index (κ3) is 1.96. The van der Waals surface area contributed by atoms with Gasteiger partial charge in [0.2, 0.25) is 0 Å². The van der Waals surface area contributed by atoms with Gasteiger partial charge in [-0.25, -0.2) is 0 Å². The van der Waals surface area contributed by atoms with Gasteiger partial charge in [-0.05, 0) is 36.8 Å². The molecule has 4 nitrogen and oxygen atoms in total. The van der Waals surface area contributed by atoms with E-state index in [2.05, 4.69) is 50.1 Å². The molecule has 1 aromatic rings. The number of benzene rings is 1. The van der Waals surface area contributed by atoms with Crippen molar-refractivity contribution in [2.45, 2.75) is 94.7 Å². The van der Waals surface area contributed by atoms with Crippen LogP contribution in [0, 0.1) is 17.8 Å². The first-order valence-electron chi connectivity index (χ1n) is 12.6. The third-order valence-electron chi connectivity index (χ3n) is 10.5. The summed E-state index contributed by atoms with van der Waals surface area (Å²) in [4.78, 5) is 2.50. The topological polar surface area (TPSA) is 43.7 Å². The van der Waals surface area contributed by atoms with E-state index in [1.165, 1.54) is 43.4 Å². The van der Waals surface area contributed by atoms with Gasteiger partial charge in [-0.1, -0.05) is 44.9 Å². The van der Waals surface area contributed by atoms with Crippen LogP contribution in [-0.2, 0) is 5.41 Å². The number of fused-ring (bicyclic) bond motifs is 2. The number of aliphatic hydroxyl groups excluding tert-OH is 2. The van der Waals surface area contributed by atoms with E-state index in [0.717, 1.165) is 23.9 Å². The van der Waals surface area contributed by atoms with E-state index in [4.69, 9.17) is 0 Å². The normalized spacial score (nSPS) is 49.6. The largest absolute Gasteiger partial charge is 0.392 e. The number of anilines is 1. The van der Waals surface area contributed by atoms with Gasteiger partial charge >= 0.3 is 0 Å². The molecule has 5 bridgehead atoms. The van der Waals surface area contributed by atoms with Gasteiger partial charge in [-0.2, -0.15) is 0 Å². The highest BCUT2D eigenvalue weighted by molar-refractivity contribution is 5.66. The van der Waals surface area contributed by atoms with E-state index in [-0.39, 0.29) is 17.7 Å². The van der Waals surface area contributed by atoms with Crippen molar-refractivity contribution in [1.82, 2.24) is 0 Å². The number of likely N-dealkylation sites (N-methyl/N-ethyl adjacent to an activating group) is 1. The molecule has 6 aliphatic rings. The second-order valence-electron chi connectivity index (χ2n) is 11.1. The molecule has 0 unspecified atom stereocenters. The van der Waals surface area contributed by atoms with Gasteiger partial charge < -0.3 is 15.1 Å². The second-order valence-corrected chi connectivity index (χ2v) is 11.1. The Morgan fingerprint density at radius 2 is 1.90 bits per heavy atom. The molecule has 1 saturated carbocycles. The van der Waals surface area contributed by atoms with Crippen LogP contribution in [-0.4, -0.2) is 58.7 Å². The molecule has 1 spiro atoms. The number of piperidine rings is 4. The minimum Gasteiger partial charge on any atom is -0.392 e. The van der Waals surface area contributed by atoms with Crippen molar-refractivity contribution in [2.24, 2.45) is 17.8 Å². The Morgan fingerprint density at radius 1 is 1.10 bits per heavy atom. The summed E-state index contributed by atoms with van der Waals surface area (Å²) in [5.41, 5.74) is 2.57. The van der Waals surface area contributed by atoms with Crippen molar-refractivity contribution in [3.63, 3.8) is 0 Å². The number of quaternary nitrogens is 1. The highest BCUT2D eigenvalue weighted by Gasteiger charge is 2.82.